The smallest absolute Gasteiger partial charge is 0.287 e. The molecule has 1 aliphatic carbocycles. The van der Waals surface area contributed by atoms with E-state index in [1.165, 1.54) is 17.7 Å². The second-order valence-electron chi connectivity index (χ2n) is 6.30. The first-order chi connectivity index (χ1) is 11.3. The van der Waals surface area contributed by atoms with Gasteiger partial charge in [-0.15, -0.1) is 11.3 Å². The molecule has 2 aromatic heterocycles. The van der Waals surface area contributed by atoms with Crippen molar-refractivity contribution in [2.75, 3.05) is 6.54 Å². The Morgan fingerprint density at radius 3 is 2.74 bits per heavy atom. The second-order valence-corrected chi connectivity index (χ2v) is 7.24. The molecule has 0 radical (unpaired) electrons. The van der Waals surface area contributed by atoms with Crippen LogP contribution in [0.3, 0.4) is 0 Å². The van der Waals surface area contributed by atoms with E-state index in [4.69, 9.17) is 4.42 Å². The molecule has 3 nitrogen and oxygen atoms in total. The van der Waals surface area contributed by atoms with Gasteiger partial charge in [0, 0.05) is 22.2 Å². The van der Waals surface area contributed by atoms with Crippen molar-refractivity contribution in [3.63, 3.8) is 0 Å². The van der Waals surface area contributed by atoms with Gasteiger partial charge in [-0.25, -0.2) is 0 Å². The second kappa shape index (κ2) is 5.85. The molecule has 1 saturated carbocycles. The third-order valence-corrected chi connectivity index (χ3v) is 5.96. The highest BCUT2D eigenvalue weighted by molar-refractivity contribution is 7.10. The number of thiophene rings is 1. The highest BCUT2D eigenvalue weighted by Gasteiger charge is 2.37. The number of furan rings is 1. The minimum atomic E-state index is -0.121. The Hall–Kier alpha value is -2.07. The summed E-state index contributed by atoms with van der Waals surface area (Å²) in [6, 6.07) is 13.8. The third kappa shape index (κ3) is 2.68. The maximum atomic E-state index is 12.5. The number of nitrogens with one attached hydrogen (secondary N) is 1. The zero-order valence-electron chi connectivity index (χ0n) is 12.9. The standard InChI is InChI=1S/C19H19NO2S/c21-18(16-12-14-6-1-2-7-15(14)22-16)20-13-19(9-3-4-10-19)17-8-5-11-23-17/h1-2,5-8,11-12H,3-4,9-10,13H2,(H,20,21). The van der Waals surface area contributed by atoms with Crippen LogP contribution in [0.15, 0.2) is 52.3 Å². The Balaban J connectivity index is 1.52. The summed E-state index contributed by atoms with van der Waals surface area (Å²) in [6.45, 7) is 0.684. The summed E-state index contributed by atoms with van der Waals surface area (Å²) < 4.78 is 5.66. The Kier molecular flexibility index (Phi) is 3.69. The van der Waals surface area contributed by atoms with Gasteiger partial charge >= 0.3 is 0 Å². The van der Waals surface area contributed by atoms with Crippen LogP contribution in [0.5, 0.6) is 0 Å². The van der Waals surface area contributed by atoms with Crippen molar-refractivity contribution in [2.24, 2.45) is 0 Å². The Labute approximate surface area is 139 Å². The third-order valence-electron chi connectivity index (χ3n) is 4.84. The number of rotatable bonds is 4. The predicted molar refractivity (Wildman–Crippen MR) is 93.0 cm³/mol. The van der Waals surface area contributed by atoms with E-state index in [9.17, 15) is 4.79 Å². The van der Waals surface area contributed by atoms with Crippen molar-refractivity contribution in [1.29, 1.82) is 0 Å². The summed E-state index contributed by atoms with van der Waals surface area (Å²) >= 11 is 1.80. The lowest BCUT2D eigenvalue weighted by Gasteiger charge is -2.28. The summed E-state index contributed by atoms with van der Waals surface area (Å²) in [5.74, 6) is 0.273. The van der Waals surface area contributed by atoms with Gasteiger partial charge in [-0.3, -0.25) is 4.79 Å². The number of benzene rings is 1. The average Bonchev–Trinajstić information content (AvgIpc) is 3.32. The number of fused-ring (bicyclic) bond motifs is 1. The largest absolute Gasteiger partial charge is 0.451 e. The molecule has 0 unspecified atom stereocenters. The Morgan fingerprint density at radius 2 is 2.00 bits per heavy atom. The minimum absolute atomic E-state index is 0.107. The van der Waals surface area contributed by atoms with E-state index in [1.54, 1.807) is 11.3 Å². The number of carbonyl (C=O) groups is 1. The Morgan fingerprint density at radius 1 is 1.17 bits per heavy atom. The molecule has 2 heterocycles. The summed E-state index contributed by atoms with van der Waals surface area (Å²) in [5, 5.41) is 6.19. The van der Waals surface area contributed by atoms with Gasteiger partial charge in [-0.2, -0.15) is 0 Å². The summed E-state index contributed by atoms with van der Waals surface area (Å²) in [6.07, 6.45) is 4.76. The monoisotopic (exact) mass is 325 g/mol. The van der Waals surface area contributed by atoms with Crippen molar-refractivity contribution >= 4 is 28.2 Å². The fourth-order valence-corrected chi connectivity index (χ4v) is 4.56. The van der Waals surface area contributed by atoms with Crippen LogP contribution in [0.2, 0.25) is 0 Å². The summed E-state index contributed by atoms with van der Waals surface area (Å²) in [5.41, 5.74) is 0.863. The van der Waals surface area contributed by atoms with E-state index in [-0.39, 0.29) is 11.3 Å². The summed E-state index contributed by atoms with van der Waals surface area (Å²) in [7, 11) is 0. The normalized spacial score (nSPS) is 16.7. The molecule has 1 aromatic carbocycles. The van der Waals surface area contributed by atoms with E-state index >= 15 is 0 Å². The lowest BCUT2D eigenvalue weighted by molar-refractivity contribution is 0.0918. The van der Waals surface area contributed by atoms with Gasteiger partial charge in [0.05, 0.1) is 0 Å². The molecule has 3 aromatic rings. The van der Waals surface area contributed by atoms with Crippen LogP contribution in [0.1, 0.15) is 41.1 Å². The van der Waals surface area contributed by atoms with Gasteiger partial charge in [-0.1, -0.05) is 37.1 Å². The van der Waals surface area contributed by atoms with Gasteiger partial charge in [0.15, 0.2) is 5.76 Å². The van der Waals surface area contributed by atoms with Gasteiger partial charge in [0.25, 0.3) is 5.91 Å². The van der Waals surface area contributed by atoms with Crippen molar-refractivity contribution in [2.45, 2.75) is 31.1 Å². The first-order valence-corrected chi connectivity index (χ1v) is 8.96. The molecule has 0 bridgehead atoms. The molecule has 4 rings (SSSR count). The number of para-hydroxylation sites is 1. The van der Waals surface area contributed by atoms with Gasteiger partial charge < -0.3 is 9.73 Å². The van der Waals surface area contributed by atoms with Gasteiger partial charge in [0.1, 0.15) is 5.58 Å². The summed E-state index contributed by atoms with van der Waals surface area (Å²) in [4.78, 5) is 13.9. The van der Waals surface area contributed by atoms with Crippen LogP contribution in [0.25, 0.3) is 11.0 Å². The molecule has 1 amide bonds. The van der Waals surface area contributed by atoms with E-state index in [0.717, 1.165) is 23.8 Å². The highest BCUT2D eigenvalue weighted by atomic mass is 32.1. The predicted octanol–water partition coefficient (Wildman–Crippen LogP) is 4.74. The van der Waals surface area contributed by atoms with Crippen molar-refractivity contribution < 1.29 is 9.21 Å². The van der Waals surface area contributed by atoms with Crippen LogP contribution in [0, 0.1) is 0 Å². The molecular formula is C19H19NO2S. The first-order valence-electron chi connectivity index (χ1n) is 8.08. The molecule has 0 aliphatic heterocycles. The van der Waals surface area contributed by atoms with Crippen LogP contribution in [-0.2, 0) is 5.41 Å². The van der Waals surface area contributed by atoms with Gasteiger partial charge in [0.2, 0.25) is 0 Å². The molecule has 1 fully saturated rings. The number of carbonyl (C=O) groups excluding carboxylic acids is 1. The average molecular weight is 325 g/mol. The van der Waals surface area contributed by atoms with E-state index in [0.29, 0.717) is 12.3 Å². The lowest BCUT2D eigenvalue weighted by Crippen LogP contribution is -2.38. The maximum absolute atomic E-state index is 12.5. The van der Waals surface area contributed by atoms with Crippen LogP contribution in [0.4, 0.5) is 0 Å². The van der Waals surface area contributed by atoms with Crippen molar-refractivity contribution in [3.8, 4) is 0 Å². The number of hydrogen-bond acceptors (Lipinski definition) is 3. The molecule has 0 saturated heterocycles. The van der Waals surface area contributed by atoms with E-state index in [1.807, 2.05) is 30.3 Å². The Bertz CT molecular complexity index is 780. The van der Waals surface area contributed by atoms with Crippen molar-refractivity contribution in [3.05, 3.63) is 58.5 Å². The zero-order chi connectivity index (χ0) is 15.7. The van der Waals surface area contributed by atoms with Crippen LogP contribution < -0.4 is 5.32 Å². The molecule has 1 aliphatic rings. The van der Waals surface area contributed by atoms with Crippen LogP contribution >= 0.6 is 11.3 Å². The molecule has 118 valence electrons. The quantitative estimate of drug-likeness (QED) is 0.753. The molecule has 1 N–H and O–H groups in total. The van der Waals surface area contributed by atoms with E-state index in [2.05, 4.69) is 22.8 Å². The molecule has 23 heavy (non-hydrogen) atoms. The topological polar surface area (TPSA) is 42.2 Å². The molecular weight excluding hydrogens is 306 g/mol. The minimum Gasteiger partial charge on any atom is -0.451 e. The molecule has 0 spiro atoms. The highest BCUT2D eigenvalue weighted by Crippen LogP contribution is 2.42. The zero-order valence-corrected chi connectivity index (χ0v) is 13.7. The number of amides is 1. The fraction of sp³-hybridized carbons (Fsp3) is 0.316. The maximum Gasteiger partial charge on any atom is 0.287 e. The van der Waals surface area contributed by atoms with Gasteiger partial charge in [-0.05, 0) is 36.4 Å². The van der Waals surface area contributed by atoms with Crippen LogP contribution in [-0.4, -0.2) is 12.5 Å². The first kappa shape index (κ1) is 14.5. The molecule has 4 heteroatoms. The SMILES string of the molecule is O=C(NCC1(c2cccs2)CCCC1)c1cc2ccccc2o1. The lowest BCUT2D eigenvalue weighted by atomic mass is 9.84. The molecule has 0 atom stereocenters. The van der Waals surface area contributed by atoms with E-state index < -0.39 is 0 Å². The van der Waals surface area contributed by atoms with Crippen molar-refractivity contribution in [1.82, 2.24) is 5.32 Å². The number of hydrogen-bond donors (Lipinski definition) is 1. The fourth-order valence-electron chi connectivity index (χ4n) is 3.57.